The molecule has 0 unspecified atom stereocenters. The lowest BCUT2D eigenvalue weighted by molar-refractivity contribution is 0.669. The molecule has 0 spiro atoms. The molecule has 11 aromatic rings. The van der Waals surface area contributed by atoms with Gasteiger partial charge >= 0.3 is 0 Å². The minimum atomic E-state index is 0.673. The minimum Gasteiger partial charge on any atom is -0.456 e. The molecule has 262 valence electrons. The average Bonchev–Trinajstić information content (AvgIpc) is 3.85. The molecule has 0 saturated heterocycles. The van der Waals surface area contributed by atoms with Crippen molar-refractivity contribution in [2.24, 2.45) is 0 Å². The van der Waals surface area contributed by atoms with E-state index in [1.54, 1.807) is 0 Å². The molecule has 0 bridgehead atoms. The maximum absolute atomic E-state index is 6.69. The maximum Gasteiger partial charge on any atom is 0.160 e. The molecular formula is C51H31N3O2. The highest BCUT2D eigenvalue weighted by Crippen LogP contribution is 2.43. The molecule has 0 aliphatic heterocycles. The quantitative estimate of drug-likeness (QED) is 0.171. The summed E-state index contributed by atoms with van der Waals surface area (Å²) in [5, 5.41) is 4.39. The van der Waals surface area contributed by atoms with Crippen molar-refractivity contribution in [3.8, 4) is 67.4 Å². The monoisotopic (exact) mass is 717 g/mol. The minimum absolute atomic E-state index is 0.673. The number of rotatable bonds is 6. The summed E-state index contributed by atoms with van der Waals surface area (Å²) in [5.74, 6) is 0.673. The Bertz CT molecular complexity index is 3240. The van der Waals surface area contributed by atoms with Gasteiger partial charge in [0.1, 0.15) is 22.3 Å². The Morgan fingerprint density at radius 3 is 1.77 bits per heavy atom. The summed E-state index contributed by atoms with van der Waals surface area (Å²) in [5.41, 5.74) is 14.4. The van der Waals surface area contributed by atoms with Crippen LogP contribution >= 0.6 is 0 Å². The predicted molar refractivity (Wildman–Crippen MR) is 227 cm³/mol. The second kappa shape index (κ2) is 13.0. The normalized spacial score (nSPS) is 11.6. The van der Waals surface area contributed by atoms with Gasteiger partial charge in [0.2, 0.25) is 0 Å². The summed E-state index contributed by atoms with van der Waals surface area (Å²) in [7, 11) is 0. The Hall–Kier alpha value is -7.63. The van der Waals surface area contributed by atoms with Crippen LogP contribution in [0.15, 0.2) is 197 Å². The van der Waals surface area contributed by atoms with Crippen molar-refractivity contribution < 1.29 is 8.83 Å². The van der Waals surface area contributed by atoms with E-state index in [9.17, 15) is 0 Å². The number of hydrogen-bond acceptors (Lipinski definition) is 5. The van der Waals surface area contributed by atoms with Crippen LogP contribution in [0.3, 0.4) is 0 Å². The number of fused-ring (bicyclic) bond motifs is 6. The van der Waals surface area contributed by atoms with Gasteiger partial charge in [0.25, 0.3) is 0 Å². The van der Waals surface area contributed by atoms with E-state index in [0.717, 1.165) is 105 Å². The van der Waals surface area contributed by atoms with Crippen LogP contribution in [0.5, 0.6) is 0 Å². The van der Waals surface area contributed by atoms with Crippen molar-refractivity contribution >= 4 is 43.9 Å². The van der Waals surface area contributed by atoms with Crippen molar-refractivity contribution in [2.45, 2.75) is 0 Å². The Labute approximate surface area is 322 Å². The molecular weight excluding hydrogens is 687 g/mol. The Morgan fingerprint density at radius 2 is 0.964 bits per heavy atom. The third kappa shape index (κ3) is 5.45. The number of furan rings is 2. The van der Waals surface area contributed by atoms with Gasteiger partial charge in [-0.3, -0.25) is 4.98 Å². The van der Waals surface area contributed by atoms with Crippen LogP contribution in [0.2, 0.25) is 0 Å². The van der Waals surface area contributed by atoms with E-state index in [1.165, 1.54) is 0 Å². The molecule has 0 N–H and O–H groups in total. The van der Waals surface area contributed by atoms with Gasteiger partial charge in [-0.25, -0.2) is 9.97 Å². The van der Waals surface area contributed by atoms with E-state index >= 15 is 0 Å². The van der Waals surface area contributed by atoms with Crippen LogP contribution in [0, 0.1) is 0 Å². The summed E-state index contributed by atoms with van der Waals surface area (Å²) in [4.78, 5) is 14.7. The molecule has 5 nitrogen and oxygen atoms in total. The molecule has 0 saturated carbocycles. The van der Waals surface area contributed by atoms with Gasteiger partial charge in [0, 0.05) is 55.6 Å². The number of nitrogens with zero attached hydrogens (tertiary/aromatic N) is 3. The maximum atomic E-state index is 6.69. The third-order valence-electron chi connectivity index (χ3n) is 10.6. The molecule has 4 heterocycles. The topological polar surface area (TPSA) is 65.0 Å². The lowest BCUT2D eigenvalue weighted by atomic mass is 9.93. The fourth-order valence-electron chi connectivity index (χ4n) is 7.84. The summed E-state index contributed by atoms with van der Waals surface area (Å²) in [6, 6.07) is 62.5. The lowest BCUT2D eigenvalue weighted by Gasteiger charge is -2.12. The van der Waals surface area contributed by atoms with Gasteiger partial charge in [-0.15, -0.1) is 0 Å². The molecule has 0 aliphatic rings. The van der Waals surface area contributed by atoms with Crippen LogP contribution in [0.4, 0.5) is 0 Å². The van der Waals surface area contributed by atoms with Crippen LogP contribution in [0.1, 0.15) is 0 Å². The zero-order valence-corrected chi connectivity index (χ0v) is 30.1. The highest BCUT2D eigenvalue weighted by atomic mass is 16.3. The fraction of sp³-hybridized carbons (Fsp3) is 0. The number of benzene rings is 7. The van der Waals surface area contributed by atoms with E-state index in [0.29, 0.717) is 5.82 Å². The summed E-state index contributed by atoms with van der Waals surface area (Å²) >= 11 is 0. The molecule has 0 atom stereocenters. The molecule has 5 heteroatoms. The van der Waals surface area contributed by atoms with Crippen molar-refractivity contribution in [2.75, 3.05) is 0 Å². The summed E-state index contributed by atoms with van der Waals surface area (Å²) < 4.78 is 12.8. The molecule has 7 aromatic carbocycles. The number of para-hydroxylation sites is 2. The molecule has 0 fully saturated rings. The van der Waals surface area contributed by atoms with Crippen LogP contribution in [0.25, 0.3) is 111 Å². The Morgan fingerprint density at radius 1 is 0.339 bits per heavy atom. The van der Waals surface area contributed by atoms with Gasteiger partial charge < -0.3 is 8.83 Å². The van der Waals surface area contributed by atoms with Crippen LogP contribution < -0.4 is 0 Å². The smallest absolute Gasteiger partial charge is 0.160 e. The van der Waals surface area contributed by atoms with Crippen molar-refractivity contribution in [3.63, 3.8) is 0 Å². The zero-order valence-electron chi connectivity index (χ0n) is 30.1. The fourth-order valence-corrected chi connectivity index (χ4v) is 7.84. The Balaban J connectivity index is 1.02. The van der Waals surface area contributed by atoms with Crippen molar-refractivity contribution in [3.05, 3.63) is 188 Å². The Kier molecular flexibility index (Phi) is 7.42. The SMILES string of the molecule is c1ccc(-c2nc(-c3ccc(-c4ccc(-c5ccc6oc7ccccc7c6c5)c5c4oc4ccccc45)cc3)cc(-c3cccc(-c4ccccn4)c3)n2)cc1. The summed E-state index contributed by atoms with van der Waals surface area (Å²) in [6.07, 6.45) is 1.82. The molecule has 4 aromatic heterocycles. The van der Waals surface area contributed by atoms with Crippen LogP contribution in [-0.4, -0.2) is 15.0 Å². The van der Waals surface area contributed by atoms with Gasteiger partial charge in [-0.05, 0) is 71.3 Å². The lowest BCUT2D eigenvalue weighted by Crippen LogP contribution is -1.96. The number of aromatic nitrogens is 3. The molecule has 0 radical (unpaired) electrons. The van der Waals surface area contributed by atoms with Gasteiger partial charge in [0.05, 0.1) is 17.1 Å². The predicted octanol–water partition coefficient (Wildman–Crippen LogP) is 13.7. The zero-order chi connectivity index (χ0) is 37.0. The number of pyridine rings is 1. The van der Waals surface area contributed by atoms with E-state index in [2.05, 4.69) is 114 Å². The van der Waals surface area contributed by atoms with Crippen LogP contribution in [-0.2, 0) is 0 Å². The largest absolute Gasteiger partial charge is 0.456 e. The molecule has 0 aliphatic carbocycles. The van der Waals surface area contributed by atoms with E-state index < -0.39 is 0 Å². The first-order valence-electron chi connectivity index (χ1n) is 18.7. The molecule has 56 heavy (non-hydrogen) atoms. The van der Waals surface area contributed by atoms with Gasteiger partial charge in [-0.1, -0.05) is 127 Å². The van der Waals surface area contributed by atoms with E-state index in [-0.39, 0.29) is 0 Å². The highest BCUT2D eigenvalue weighted by molar-refractivity contribution is 6.17. The molecule has 11 rings (SSSR count). The first-order chi connectivity index (χ1) is 27.7. The second-order valence-corrected chi connectivity index (χ2v) is 14.0. The van der Waals surface area contributed by atoms with E-state index in [1.807, 2.05) is 79.0 Å². The standard InChI is InChI=1S/C51H31N3O2/c1-2-11-34(12-3-1)51-53-44(31-45(54-51)37-14-10-13-36(29-37)43-17-8-9-28-52-43)33-22-20-32(21-23-33)39-26-25-38(49-41-16-5-7-19-47(41)56-50(39)49)35-24-27-48-42(30-35)40-15-4-6-18-46(40)55-48/h1-31H. The van der Waals surface area contributed by atoms with Gasteiger partial charge in [-0.2, -0.15) is 0 Å². The second-order valence-electron chi connectivity index (χ2n) is 14.0. The molecule has 0 amide bonds. The van der Waals surface area contributed by atoms with Crippen molar-refractivity contribution in [1.82, 2.24) is 15.0 Å². The number of hydrogen-bond donors (Lipinski definition) is 0. The highest BCUT2D eigenvalue weighted by Gasteiger charge is 2.19. The first-order valence-corrected chi connectivity index (χ1v) is 18.7. The van der Waals surface area contributed by atoms with Gasteiger partial charge in [0.15, 0.2) is 5.82 Å². The third-order valence-corrected chi connectivity index (χ3v) is 10.6. The van der Waals surface area contributed by atoms with E-state index in [4.69, 9.17) is 18.8 Å². The average molecular weight is 718 g/mol. The first kappa shape index (κ1) is 31.9. The van der Waals surface area contributed by atoms with Crippen molar-refractivity contribution in [1.29, 1.82) is 0 Å². The summed E-state index contributed by atoms with van der Waals surface area (Å²) in [6.45, 7) is 0.